The Morgan fingerprint density at radius 3 is 2.21 bits per heavy atom. The van der Waals surface area contributed by atoms with Crippen molar-refractivity contribution in [3.63, 3.8) is 0 Å². The Hall–Kier alpha value is -4.67. The number of methoxy groups -OCH3 is 2. The minimum atomic E-state index is -1.56. The van der Waals surface area contributed by atoms with E-state index < -0.39 is 38.3 Å². The molecule has 3 heterocycles. The van der Waals surface area contributed by atoms with E-state index in [1.165, 1.54) is 4.57 Å². The first kappa shape index (κ1) is 39.6. The van der Waals surface area contributed by atoms with Gasteiger partial charge in [-0.05, 0) is 66.9 Å². The average molecular weight is 782 g/mol. The second-order valence-corrected chi connectivity index (χ2v) is 16.1. The van der Waals surface area contributed by atoms with Gasteiger partial charge in [0.2, 0.25) is 5.91 Å². The quantitative estimate of drug-likeness (QED) is 0.113. The van der Waals surface area contributed by atoms with Crippen molar-refractivity contribution in [3.8, 4) is 17.6 Å². The van der Waals surface area contributed by atoms with Crippen molar-refractivity contribution in [1.82, 2.24) is 14.2 Å². The van der Waals surface area contributed by atoms with Gasteiger partial charge in [0.15, 0.2) is 0 Å². The largest absolute Gasteiger partial charge is 0.497 e. The van der Waals surface area contributed by atoms with Crippen LogP contribution in [-0.2, 0) is 28.9 Å². The van der Waals surface area contributed by atoms with Crippen LogP contribution in [0.5, 0.6) is 11.5 Å². The minimum Gasteiger partial charge on any atom is -0.497 e. The molecular weight excluding hydrogens is 733 g/mol. The number of carbonyl (C=O) groups excluding carboxylic acids is 1. The van der Waals surface area contributed by atoms with E-state index in [0.29, 0.717) is 17.9 Å². The molecule has 0 bridgehead atoms. The van der Waals surface area contributed by atoms with Crippen molar-refractivity contribution in [1.29, 1.82) is 5.26 Å². The number of amides is 1. The molecule has 3 fully saturated rings. The van der Waals surface area contributed by atoms with E-state index in [0.717, 1.165) is 36.0 Å². The summed E-state index contributed by atoms with van der Waals surface area (Å²) in [5, 5.41) is 12.6. The molecular formula is C42H48N5O8P. The van der Waals surface area contributed by atoms with Crippen LogP contribution >= 0.6 is 8.53 Å². The SMILES string of the molecule is COc1ccc(C(OC[C@H]2O[C@@H](n3ccc(NC(=O)C(C)C)nc3=O)C[C@@H]2O[P@]2O[C@H]3[C@@H](C#N)CCC[C@@H]3N2C)(c2ccccc2)c2ccc(OC)cc2)cc1. The van der Waals surface area contributed by atoms with Crippen molar-refractivity contribution in [2.24, 2.45) is 11.8 Å². The zero-order chi connectivity index (χ0) is 39.4. The molecule has 13 nitrogen and oxygen atoms in total. The molecule has 0 radical (unpaired) electrons. The lowest BCUT2D eigenvalue weighted by molar-refractivity contribution is -0.118. The fourth-order valence-corrected chi connectivity index (χ4v) is 9.51. The minimum absolute atomic E-state index is 0.0550. The maximum Gasteiger partial charge on any atom is 0.351 e. The van der Waals surface area contributed by atoms with E-state index >= 15 is 0 Å². The van der Waals surface area contributed by atoms with Crippen molar-refractivity contribution in [2.45, 2.75) is 75.7 Å². The van der Waals surface area contributed by atoms with Gasteiger partial charge in [-0.15, -0.1) is 0 Å². The lowest BCUT2D eigenvalue weighted by Gasteiger charge is -2.37. The van der Waals surface area contributed by atoms with Crippen LogP contribution in [0.4, 0.5) is 5.82 Å². The summed E-state index contributed by atoms with van der Waals surface area (Å²) in [5.41, 5.74) is 0.903. The van der Waals surface area contributed by atoms with E-state index in [2.05, 4.69) is 21.0 Å². The summed E-state index contributed by atoms with van der Waals surface area (Å²) in [6, 6.07) is 29.7. The molecule has 7 atom stereocenters. The van der Waals surface area contributed by atoms with E-state index in [4.69, 9.17) is 28.0 Å². The van der Waals surface area contributed by atoms with Crippen LogP contribution in [0.2, 0.25) is 0 Å². The maximum absolute atomic E-state index is 13.5. The van der Waals surface area contributed by atoms with Crippen molar-refractivity contribution in [2.75, 3.05) is 33.2 Å². The van der Waals surface area contributed by atoms with Crippen LogP contribution in [-0.4, -0.2) is 72.4 Å². The molecule has 2 saturated heterocycles. The Labute approximate surface area is 328 Å². The van der Waals surface area contributed by atoms with E-state index in [1.54, 1.807) is 40.3 Å². The number of fused-ring (bicyclic) bond motifs is 1. The monoisotopic (exact) mass is 781 g/mol. The summed E-state index contributed by atoms with van der Waals surface area (Å²) in [4.78, 5) is 30.0. The number of ether oxygens (including phenoxy) is 4. The van der Waals surface area contributed by atoms with Crippen molar-refractivity contribution < 1.29 is 32.8 Å². The number of nitriles is 1. The fourth-order valence-electron chi connectivity index (χ4n) is 7.73. The number of nitrogens with one attached hydrogen (secondary N) is 1. The Morgan fingerprint density at radius 1 is 0.982 bits per heavy atom. The molecule has 1 N–H and O–H groups in total. The molecule has 1 saturated carbocycles. The van der Waals surface area contributed by atoms with E-state index in [-0.39, 0.29) is 42.3 Å². The highest BCUT2D eigenvalue weighted by Gasteiger charge is 2.51. The molecule has 3 aromatic carbocycles. The van der Waals surface area contributed by atoms with Crippen LogP contribution in [0.1, 0.15) is 62.4 Å². The van der Waals surface area contributed by atoms with Gasteiger partial charge in [-0.3, -0.25) is 9.36 Å². The molecule has 1 aliphatic carbocycles. The van der Waals surface area contributed by atoms with Crippen molar-refractivity contribution in [3.05, 3.63) is 118 Å². The number of hydrogen-bond donors (Lipinski definition) is 1. The van der Waals surface area contributed by atoms with Crippen LogP contribution < -0.4 is 20.5 Å². The standard InChI is InChI=1S/C42H48N5O8P/c1-27(2)40(48)44-37-22-23-47(41(49)45-37)38-24-35(54-56-46(3)34-13-9-10-28(25-43)39(34)55-56)36(53-38)26-52-42(29-11-7-6-8-12-29,30-14-18-32(50-4)19-15-30)31-16-20-33(51-5)21-17-31/h6-8,11-12,14-23,27-28,34-36,38-39H,9-10,13,24,26H2,1-5H3,(H,44,45,48,49)/t28-,34+,35+,36-,38-,39+,56-/m1/s1. The first-order chi connectivity index (χ1) is 27.1. The van der Waals surface area contributed by atoms with Gasteiger partial charge in [0.1, 0.15) is 35.2 Å². The molecule has 2 aliphatic heterocycles. The molecule has 14 heteroatoms. The molecule has 56 heavy (non-hydrogen) atoms. The smallest absolute Gasteiger partial charge is 0.351 e. The third-order valence-corrected chi connectivity index (χ3v) is 12.6. The van der Waals surface area contributed by atoms with Gasteiger partial charge in [-0.25, -0.2) is 9.46 Å². The topological polar surface area (TPSA) is 146 Å². The van der Waals surface area contributed by atoms with Crippen LogP contribution in [0.25, 0.3) is 0 Å². The molecule has 294 valence electrons. The zero-order valence-corrected chi connectivity index (χ0v) is 33.1. The molecule has 7 rings (SSSR count). The predicted octanol–water partition coefficient (Wildman–Crippen LogP) is 6.79. The van der Waals surface area contributed by atoms with Crippen LogP contribution in [0, 0.1) is 23.2 Å². The molecule has 1 amide bonds. The third kappa shape index (κ3) is 7.96. The number of hydrogen-bond acceptors (Lipinski definition) is 11. The number of rotatable bonds is 13. The summed E-state index contributed by atoms with van der Waals surface area (Å²) >= 11 is 0. The highest BCUT2D eigenvalue weighted by atomic mass is 31.2. The summed E-state index contributed by atoms with van der Waals surface area (Å²) in [6.45, 7) is 3.59. The van der Waals surface area contributed by atoms with Gasteiger partial charge in [0, 0.05) is 24.6 Å². The Balaban J connectivity index is 1.24. The van der Waals surface area contributed by atoms with Gasteiger partial charge in [-0.2, -0.15) is 10.2 Å². The normalized spacial score (nSPS) is 25.1. The number of carbonyl (C=O) groups is 1. The number of nitrogens with zero attached hydrogens (tertiary/aromatic N) is 4. The molecule has 4 aromatic rings. The summed E-state index contributed by atoms with van der Waals surface area (Å²) in [6.07, 6.45) is 2.30. The van der Waals surface area contributed by atoms with Gasteiger partial charge in [-0.1, -0.05) is 74.9 Å². The lowest BCUT2D eigenvalue weighted by Crippen LogP contribution is -2.39. The van der Waals surface area contributed by atoms with Gasteiger partial charge >= 0.3 is 5.69 Å². The number of aromatic nitrogens is 2. The first-order valence-electron chi connectivity index (χ1n) is 18.9. The average Bonchev–Trinajstić information content (AvgIpc) is 3.78. The number of likely N-dealkylation sites (N-methyl/N-ethyl adjacent to an activating group) is 1. The molecule has 1 aromatic heterocycles. The van der Waals surface area contributed by atoms with Gasteiger partial charge in [0.05, 0.1) is 45.0 Å². The first-order valence-corrected chi connectivity index (χ1v) is 20.1. The maximum atomic E-state index is 13.5. The summed E-state index contributed by atoms with van der Waals surface area (Å²) in [7, 11) is 3.69. The highest BCUT2D eigenvalue weighted by Crippen LogP contribution is 2.57. The van der Waals surface area contributed by atoms with E-state index in [1.807, 2.05) is 85.9 Å². The fraction of sp³-hybridized carbons (Fsp3) is 0.429. The molecule has 0 unspecified atom stereocenters. The highest BCUT2D eigenvalue weighted by molar-refractivity contribution is 7.44. The second-order valence-electron chi connectivity index (χ2n) is 14.6. The predicted molar refractivity (Wildman–Crippen MR) is 210 cm³/mol. The van der Waals surface area contributed by atoms with Gasteiger partial charge in [0.25, 0.3) is 8.53 Å². The Bertz CT molecular complexity index is 2010. The van der Waals surface area contributed by atoms with Crippen LogP contribution in [0.3, 0.4) is 0 Å². The zero-order valence-electron chi connectivity index (χ0n) is 32.2. The Kier molecular flexibility index (Phi) is 12.2. The lowest BCUT2D eigenvalue weighted by atomic mass is 9.80. The van der Waals surface area contributed by atoms with Gasteiger partial charge < -0.3 is 33.3 Å². The molecule has 0 spiro atoms. The van der Waals surface area contributed by atoms with E-state index in [9.17, 15) is 14.9 Å². The third-order valence-electron chi connectivity index (χ3n) is 10.9. The van der Waals surface area contributed by atoms with Crippen molar-refractivity contribution >= 4 is 20.3 Å². The Morgan fingerprint density at radius 2 is 1.62 bits per heavy atom. The summed E-state index contributed by atoms with van der Waals surface area (Å²) in [5.74, 6) is 0.851. The summed E-state index contributed by atoms with van der Waals surface area (Å²) < 4.78 is 41.9. The number of benzene rings is 3. The number of anilines is 1. The second kappa shape index (κ2) is 17.2. The van der Waals surface area contributed by atoms with Crippen LogP contribution in [0.15, 0.2) is 95.9 Å². The molecule has 3 aliphatic rings.